The molecule has 2 unspecified atom stereocenters. The highest BCUT2D eigenvalue weighted by atomic mass is 15.2. The fourth-order valence-electron chi connectivity index (χ4n) is 3.92. The summed E-state index contributed by atoms with van der Waals surface area (Å²) in [7, 11) is 0. The Kier molecular flexibility index (Phi) is 10.5. The summed E-state index contributed by atoms with van der Waals surface area (Å²) in [6, 6.07) is 17.9. The molecular formula is C26H39N5. The Morgan fingerprint density at radius 3 is 2.42 bits per heavy atom. The van der Waals surface area contributed by atoms with Crippen LogP contribution in [0.3, 0.4) is 0 Å². The van der Waals surface area contributed by atoms with E-state index in [0.717, 1.165) is 56.8 Å². The van der Waals surface area contributed by atoms with Crippen LogP contribution in [0.1, 0.15) is 62.8 Å². The number of nitrogens with one attached hydrogen (secondary N) is 2. The second kappa shape index (κ2) is 13.1. The molecule has 0 aromatic heterocycles. The Labute approximate surface area is 188 Å². The number of rotatable bonds is 8. The third-order valence-corrected chi connectivity index (χ3v) is 5.66. The molecule has 0 spiro atoms. The number of nitrogens with zero attached hydrogens (tertiary/aromatic N) is 2. The van der Waals surface area contributed by atoms with Crippen molar-refractivity contribution in [3.05, 3.63) is 64.7 Å². The molecule has 1 heterocycles. The van der Waals surface area contributed by atoms with Crippen LogP contribution in [-0.4, -0.2) is 30.1 Å². The summed E-state index contributed by atoms with van der Waals surface area (Å²) >= 11 is 0. The van der Waals surface area contributed by atoms with Gasteiger partial charge in [-0.25, -0.2) is 0 Å². The first-order valence-corrected chi connectivity index (χ1v) is 11.6. The molecule has 31 heavy (non-hydrogen) atoms. The monoisotopic (exact) mass is 421 g/mol. The number of anilines is 1. The van der Waals surface area contributed by atoms with Crippen LogP contribution in [0.25, 0.3) is 0 Å². The van der Waals surface area contributed by atoms with Crippen molar-refractivity contribution in [1.82, 2.24) is 10.2 Å². The lowest BCUT2D eigenvalue weighted by Crippen LogP contribution is -2.44. The molecular weight excluding hydrogens is 382 g/mol. The van der Waals surface area contributed by atoms with Gasteiger partial charge in [-0.1, -0.05) is 45.0 Å². The van der Waals surface area contributed by atoms with Gasteiger partial charge in [0.25, 0.3) is 0 Å². The topological polar surface area (TPSA) is 77.1 Å². The predicted octanol–water partition coefficient (Wildman–Crippen LogP) is 4.62. The lowest BCUT2D eigenvalue weighted by molar-refractivity contribution is 0.140. The van der Waals surface area contributed by atoms with E-state index in [-0.39, 0.29) is 0 Å². The van der Waals surface area contributed by atoms with Crippen LogP contribution in [-0.2, 0) is 19.6 Å². The van der Waals surface area contributed by atoms with Gasteiger partial charge in [-0.2, -0.15) is 5.26 Å². The number of nitrogens with two attached hydrogens (primary N) is 1. The van der Waals surface area contributed by atoms with E-state index in [1.54, 1.807) is 0 Å². The molecule has 3 rings (SSSR count). The summed E-state index contributed by atoms with van der Waals surface area (Å²) in [6.07, 6.45) is 2.17. The van der Waals surface area contributed by atoms with Gasteiger partial charge in [0.2, 0.25) is 0 Å². The van der Waals surface area contributed by atoms with E-state index in [9.17, 15) is 5.26 Å². The SMILES string of the molecule is CC.CCNCc1cc(C#N)cc(NCc2ccc(CN3CCC(N)CC3C)cc2)c1. The van der Waals surface area contributed by atoms with Crippen molar-refractivity contribution in [2.45, 2.75) is 72.3 Å². The van der Waals surface area contributed by atoms with Crippen molar-refractivity contribution in [3.8, 4) is 6.07 Å². The summed E-state index contributed by atoms with van der Waals surface area (Å²) in [6.45, 7) is 12.8. The fraction of sp³-hybridized carbons (Fsp3) is 0.500. The third-order valence-electron chi connectivity index (χ3n) is 5.66. The molecule has 5 heteroatoms. The number of likely N-dealkylation sites (tertiary alicyclic amines) is 1. The Morgan fingerprint density at radius 1 is 1.06 bits per heavy atom. The summed E-state index contributed by atoms with van der Waals surface area (Å²) in [4.78, 5) is 2.52. The zero-order valence-corrected chi connectivity index (χ0v) is 19.6. The van der Waals surface area contributed by atoms with Gasteiger partial charge in [-0.3, -0.25) is 4.90 Å². The van der Waals surface area contributed by atoms with Gasteiger partial charge in [-0.15, -0.1) is 0 Å². The highest BCUT2D eigenvalue weighted by Gasteiger charge is 2.22. The first-order chi connectivity index (χ1) is 15.1. The average molecular weight is 422 g/mol. The van der Waals surface area contributed by atoms with Crippen molar-refractivity contribution in [1.29, 1.82) is 5.26 Å². The molecule has 1 fully saturated rings. The second-order valence-electron chi connectivity index (χ2n) is 8.08. The summed E-state index contributed by atoms with van der Waals surface area (Å²) in [5.41, 5.74) is 11.5. The Balaban J connectivity index is 0.00000166. The average Bonchev–Trinajstić information content (AvgIpc) is 2.80. The van der Waals surface area contributed by atoms with E-state index in [1.807, 2.05) is 26.0 Å². The molecule has 1 aliphatic rings. The van der Waals surface area contributed by atoms with E-state index in [0.29, 0.717) is 17.6 Å². The van der Waals surface area contributed by atoms with Gasteiger partial charge in [0.1, 0.15) is 0 Å². The van der Waals surface area contributed by atoms with Gasteiger partial charge >= 0.3 is 0 Å². The Hall–Kier alpha value is -2.39. The predicted molar refractivity (Wildman–Crippen MR) is 131 cm³/mol. The molecule has 0 amide bonds. The first kappa shape index (κ1) is 24.9. The van der Waals surface area contributed by atoms with E-state index >= 15 is 0 Å². The van der Waals surface area contributed by atoms with E-state index in [4.69, 9.17) is 5.73 Å². The standard InChI is InChI=1S/C24H33N5.C2H6/c1-3-27-15-22-11-21(14-25)12-24(13-22)28-16-19-4-6-20(7-5-19)17-29-9-8-23(26)10-18(29)2;1-2/h4-7,11-13,18,23,27-28H,3,8-10,15-17,26H2,1-2H3;1-2H3. The molecule has 168 valence electrons. The molecule has 0 radical (unpaired) electrons. The molecule has 5 nitrogen and oxygen atoms in total. The zero-order valence-electron chi connectivity index (χ0n) is 19.6. The zero-order chi connectivity index (χ0) is 22.6. The molecule has 2 atom stereocenters. The quantitative estimate of drug-likeness (QED) is 0.580. The van der Waals surface area contributed by atoms with Crippen molar-refractivity contribution in [2.75, 3.05) is 18.4 Å². The highest BCUT2D eigenvalue weighted by molar-refractivity contribution is 5.52. The maximum atomic E-state index is 9.29. The summed E-state index contributed by atoms with van der Waals surface area (Å²) in [5, 5.41) is 16.1. The molecule has 2 aromatic carbocycles. The Morgan fingerprint density at radius 2 is 1.77 bits per heavy atom. The molecule has 4 N–H and O–H groups in total. The van der Waals surface area contributed by atoms with Crippen LogP contribution >= 0.6 is 0 Å². The molecule has 2 aromatic rings. The number of hydrogen-bond donors (Lipinski definition) is 3. The Bertz CT molecular complexity index is 825. The van der Waals surface area contributed by atoms with Gasteiger partial charge in [0.05, 0.1) is 11.6 Å². The van der Waals surface area contributed by atoms with Gasteiger partial charge < -0.3 is 16.4 Å². The molecule has 0 aliphatic carbocycles. The fourth-order valence-corrected chi connectivity index (χ4v) is 3.92. The third kappa shape index (κ3) is 7.99. The van der Waals surface area contributed by atoms with E-state index in [2.05, 4.69) is 65.8 Å². The van der Waals surface area contributed by atoms with Crippen LogP contribution in [0.2, 0.25) is 0 Å². The smallest absolute Gasteiger partial charge is 0.0992 e. The minimum absolute atomic E-state index is 0.354. The molecule has 0 bridgehead atoms. The molecule has 0 saturated carbocycles. The second-order valence-corrected chi connectivity index (χ2v) is 8.08. The lowest BCUT2D eigenvalue weighted by Gasteiger charge is -2.36. The van der Waals surface area contributed by atoms with Gasteiger partial charge in [-0.05, 0) is 61.2 Å². The largest absolute Gasteiger partial charge is 0.381 e. The summed E-state index contributed by atoms with van der Waals surface area (Å²) < 4.78 is 0. The van der Waals surface area contributed by atoms with Crippen molar-refractivity contribution < 1.29 is 0 Å². The maximum Gasteiger partial charge on any atom is 0.0992 e. The van der Waals surface area contributed by atoms with Gasteiger partial charge in [0.15, 0.2) is 0 Å². The van der Waals surface area contributed by atoms with Crippen molar-refractivity contribution in [3.63, 3.8) is 0 Å². The molecule has 1 saturated heterocycles. The first-order valence-electron chi connectivity index (χ1n) is 11.6. The normalized spacial score (nSPS) is 18.6. The van der Waals surface area contributed by atoms with E-state index in [1.165, 1.54) is 11.1 Å². The lowest BCUT2D eigenvalue weighted by atomic mass is 9.98. The minimum atomic E-state index is 0.354. The van der Waals surface area contributed by atoms with Crippen LogP contribution in [0, 0.1) is 11.3 Å². The molecule has 1 aliphatic heterocycles. The van der Waals surface area contributed by atoms with Crippen LogP contribution < -0.4 is 16.4 Å². The van der Waals surface area contributed by atoms with Gasteiger partial charge in [0, 0.05) is 44.0 Å². The van der Waals surface area contributed by atoms with Crippen molar-refractivity contribution >= 4 is 5.69 Å². The van der Waals surface area contributed by atoms with Crippen LogP contribution in [0.5, 0.6) is 0 Å². The highest BCUT2D eigenvalue weighted by Crippen LogP contribution is 2.20. The minimum Gasteiger partial charge on any atom is -0.381 e. The summed E-state index contributed by atoms with van der Waals surface area (Å²) in [5.74, 6) is 0. The maximum absolute atomic E-state index is 9.29. The number of nitriles is 1. The number of hydrogen-bond acceptors (Lipinski definition) is 5. The number of piperidine rings is 1. The van der Waals surface area contributed by atoms with Crippen LogP contribution in [0.15, 0.2) is 42.5 Å². The van der Waals surface area contributed by atoms with E-state index < -0.39 is 0 Å². The number of benzene rings is 2. The van der Waals surface area contributed by atoms with Crippen molar-refractivity contribution in [2.24, 2.45) is 5.73 Å². The van der Waals surface area contributed by atoms with Crippen LogP contribution in [0.4, 0.5) is 5.69 Å².